The standard InChI is InChI=1S/C21H19N3O3/c1-14(20(25)24-13-5-7-15-6-2-3-10-18(15)24)27-21(26)16-8-4-9-17-19(16)23-12-11-22-17/h2-4,6,8-12,14H,5,7,13H2,1H3. The molecule has 2 aromatic carbocycles. The lowest BCUT2D eigenvalue weighted by Crippen LogP contribution is -2.42. The largest absolute Gasteiger partial charge is 0.449 e. The van der Waals surface area contributed by atoms with Crippen LogP contribution in [0, 0.1) is 0 Å². The van der Waals surface area contributed by atoms with Crippen LogP contribution in [0.4, 0.5) is 5.69 Å². The number of aryl methyl sites for hydroxylation is 1. The second-order valence-corrected chi connectivity index (χ2v) is 6.50. The van der Waals surface area contributed by atoms with Crippen molar-refractivity contribution in [3.63, 3.8) is 0 Å². The Bertz CT molecular complexity index is 1010. The molecule has 1 amide bonds. The van der Waals surface area contributed by atoms with Crippen molar-refractivity contribution in [2.75, 3.05) is 11.4 Å². The second kappa shape index (κ2) is 7.15. The van der Waals surface area contributed by atoms with Gasteiger partial charge in [-0.3, -0.25) is 14.8 Å². The van der Waals surface area contributed by atoms with E-state index >= 15 is 0 Å². The number of carbonyl (C=O) groups excluding carboxylic acids is 2. The average molecular weight is 361 g/mol. The number of nitrogens with zero attached hydrogens (tertiary/aromatic N) is 3. The molecule has 0 aliphatic carbocycles. The maximum absolute atomic E-state index is 12.9. The number of para-hydroxylation sites is 2. The number of carbonyl (C=O) groups is 2. The number of rotatable bonds is 3. The monoisotopic (exact) mass is 361 g/mol. The molecule has 4 rings (SSSR count). The molecule has 1 aliphatic heterocycles. The van der Waals surface area contributed by atoms with E-state index in [-0.39, 0.29) is 5.91 Å². The zero-order chi connectivity index (χ0) is 18.8. The van der Waals surface area contributed by atoms with Crippen LogP contribution >= 0.6 is 0 Å². The summed E-state index contributed by atoms with van der Waals surface area (Å²) < 4.78 is 5.48. The zero-order valence-electron chi connectivity index (χ0n) is 15.0. The Labute approximate surface area is 156 Å². The molecule has 136 valence electrons. The minimum atomic E-state index is -0.893. The molecule has 0 fully saturated rings. The van der Waals surface area contributed by atoms with Gasteiger partial charge in [-0.15, -0.1) is 0 Å². The fourth-order valence-electron chi connectivity index (χ4n) is 3.41. The van der Waals surface area contributed by atoms with Gasteiger partial charge >= 0.3 is 5.97 Å². The van der Waals surface area contributed by atoms with Crippen LogP contribution < -0.4 is 4.90 Å². The first-order valence-electron chi connectivity index (χ1n) is 8.95. The van der Waals surface area contributed by atoms with Gasteiger partial charge in [0.2, 0.25) is 0 Å². The van der Waals surface area contributed by atoms with Gasteiger partial charge in [-0.2, -0.15) is 0 Å². The smallest absolute Gasteiger partial charge is 0.341 e. The maximum atomic E-state index is 12.9. The van der Waals surface area contributed by atoms with E-state index in [4.69, 9.17) is 4.74 Å². The zero-order valence-corrected chi connectivity index (χ0v) is 15.0. The van der Waals surface area contributed by atoms with Gasteiger partial charge in [0, 0.05) is 24.6 Å². The fourth-order valence-corrected chi connectivity index (χ4v) is 3.41. The van der Waals surface area contributed by atoms with E-state index in [0.717, 1.165) is 24.1 Å². The predicted octanol–water partition coefficient (Wildman–Crippen LogP) is 3.15. The Balaban J connectivity index is 1.55. The summed E-state index contributed by atoms with van der Waals surface area (Å²) in [6.07, 6.45) is 4.04. The topological polar surface area (TPSA) is 72.4 Å². The summed E-state index contributed by atoms with van der Waals surface area (Å²) in [6, 6.07) is 13.0. The summed E-state index contributed by atoms with van der Waals surface area (Å²) >= 11 is 0. The second-order valence-electron chi connectivity index (χ2n) is 6.50. The minimum absolute atomic E-state index is 0.221. The Kier molecular flexibility index (Phi) is 4.54. The van der Waals surface area contributed by atoms with Crippen molar-refractivity contribution in [3.05, 3.63) is 66.0 Å². The van der Waals surface area contributed by atoms with E-state index in [1.165, 1.54) is 6.20 Å². The third kappa shape index (κ3) is 3.26. The van der Waals surface area contributed by atoms with Crippen LogP contribution in [0.2, 0.25) is 0 Å². The van der Waals surface area contributed by atoms with E-state index in [2.05, 4.69) is 9.97 Å². The lowest BCUT2D eigenvalue weighted by Gasteiger charge is -2.31. The van der Waals surface area contributed by atoms with Gasteiger partial charge < -0.3 is 9.64 Å². The molecule has 1 atom stereocenters. The summed E-state index contributed by atoms with van der Waals surface area (Å²) in [4.78, 5) is 35.7. The quantitative estimate of drug-likeness (QED) is 0.670. The lowest BCUT2D eigenvalue weighted by molar-refractivity contribution is -0.126. The highest BCUT2D eigenvalue weighted by Gasteiger charge is 2.29. The van der Waals surface area contributed by atoms with Gasteiger partial charge in [0.1, 0.15) is 5.52 Å². The average Bonchev–Trinajstić information content (AvgIpc) is 2.72. The van der Waals surface area contributed by atoms with E-state index in [0.29, 0.717) is 23.1 Å². The fraction of sp³-hybridized carbons (Fsp3) is 0.238. The molecule has 0 radical (unpaired) electrons. The van der Waals surface area contributed by atoms with Gasteiger partial charge in [0.05, 0.1) is 11.1 Å². The van der Waals surface area contributed by atoms with Crippen molar-refractivity contribution in [1.29, 1.82) is 0 Å². The van der Waals surface area contributed by atoms with Crippen molar-refractivity contribution in [3.8, 4) is 0 Å². The highest BCUT2D eigenvalue weighted by atomic mass is 16.5. The van der Waals surface area contributed by atoms with Crippen LogP contribution in [0.5, 0.6) is 0 Å². The molecule has 27 heavy (non-hydrogen) atoms. The minimum Gasteiger partial charge on any atom is -0.449 e. The highest BCUT2D eigenvalue weighted by Crippen LogP contribution is 2.27. The van der Waals surface area contributed by atoms with E-state index in [9.17, 15) is 9.59 Å². The molecule has 0 saturated carbocycles. The van der Waals surface area contributed by atoms with Crippen molar-refractivity contribution >= 4 is 28.6 Å². The molecule has 0 bridgehead atoms. The first-order valence-corrected chi connectivity index (χ1v) is 8.95. The molecule has 6 heteroatoms. The summed E-state index contributed by atoms with van der Waals surface area (Å²) in [5.74, 6) is -0.797. The first kappa shape index (κ1) is 17.1. The van der Waals surface area contributed by atoms with E-state index in [1.54, 1.807) is 36.2 Å². The van der Waals surface area contributed by atoms with Crippen LogP contribution in [0.3, 0.4) is 0 Å². The number of amides is 1. The van der Waals surface area contributed by atoms with Gasteiger partial charge in [-0.05, 0) is 43.5 Å². The molecule has 2 heterocycles. The summed E-state index contributed by atoms with van der Waals surface area (Å²) in [6.45, 7) is 2.23. The van der Waals surface area contributed by atoms with E-state index in [1.807, 2.05) is 24.3 Å². The number of anilines is 1. The van der Waals surface area contributed by atoms with Gasteiger partial charge in [-0.25, -0.2) is 4.79 Å². The van der Waals surface area contributed by atoms with Gasteiger partial charge in [0.15, 0.2) is 6.10 Å². The highest BCUT2D eigenvalue weighted by molar-refractivity contribution is 6.04. The van der Waals surface area contributed by atoms with Crippen LogP contribution in [-0.2, 0) is 16.0 Å². The van der Waals surface area contributed by atoms with Crippen molar-refractivity contribution in [2.24, 2.45) is 0 Å². The summed E-state index contributed by atoms with van der Waals surface area (Å²) in [7, 11) is 0. The molecule has 3 aromatic rings. The molecular weight excluding hydrogens is 342 g/mol. The number of ether oxygens (including phenoxy) is 1. The molecule has 1 aliphatic rings. The normalized spacial score (nSPS) is 14.5. The number of hydrogen-bond acceptors (Lipinski definition) is 5. The van der Waals surface area contributed by atoms with Crippen LogP contribution in [0.15, 0.2) is 54.9 Å². The van der Waals surface area contributed by atoms with E-state index < -0.39 is 12.1 Å². The SMILES string of the molecule is CC(OC(=O)c1cccc2nccnc12)C(=O)N1CCCc2ccccc21. The number of hydrogen-bond donors (Lipinski definition) is 0. The Morgan fingerprint density at radius 3 is 2.78 bits per heavy atom. The first-order chi connectivity index (χ1) is 13.1. The molecule has 0 spiro atoms. The van der Waals surface area contributed by atoms with Crippen molar-refractivity contribution in [2.45, 2.75) is 25.9 Å². The molecule has 6 nitrogen and oxygen atoms in total. The molecule has 1 aromatic heterocycles. The Hall–Kier alpha value is -3.28. The van der Waals surface area contributed by atoms with Gasteiger partial charge in [0.25, 0.3) is 5.91 Å². The predicted molar refractivity (Wildman–Crippen MR) is 102 cm³/mol. The number of aromatic nitrogens is 2. The number of benzene rings is 2. The summed E-state index contributed by atoms with van der Waals surface area (Å²) in [5.41, 5.74) is 3.41. The van der Waals surface area contributed by atoms with Gasteiger partial charge in [-0.1, -0.05) is 24.3 Å². The molecular formula is C21H19N3O3. The van der Waals surface area contributed by atoms with Crippen LogP contribution in [0.25, 0.3) is 11.0 Å². The molecule has 0 saturated heterocycles. The van der Waals surface area contributed by atoms with Crippen LogP contribution in [-0.4, -0.2) is 34.5 Å². The lowest BCUT2D eigenvalue weighted by atomic mass is 10.0. The Morgan fingerprint density at radius 1 is 1.07 bits per heavy atom. The number of fused-ring (bicyclic) bond motifs is 2. The van der Waals surface area contributed by atoms with Crippen LogP contribution in [0.1, 0.15) is 29.3 Å². The third-order valence-corrected chi connectivity index (χ3v) is 4.73. The third-order valence-electron chi connectivity index (χ3n) is 4.73. The summed E-state index contributed by atoms with van der Waals surface area (Å²) in [5, 5.41) is 0. The number of esters is 1. The Morgan fingerprint density at radius 2 is 1.89 bits per heavy atom. The van der Waals surface area contributed by atoms with Crippen molar-refractivity contribution < 1.29 is 14.3 Å². The molecule has 1 unspecified atom stereocenters. The van der Waals surface area contributed by atoms with Crippen molar-refractivity contribution in [1.82, 2.24) is 9.97 Å². The maximum Gasteiger partial charge on any atom is 0.341 e. The molecule has 0 N–H and O–H groups in total.